The Morgan fingerprint density at radius 2 is 1.89 bits per heavy atom. The van der Waals surface area contributed by atoms with E-state index in [0.717, 1.165) is 34.1 Å². The number of aromatic amines is 1. The lowest BCUT2D eigenvalue weighted by Gasteiger charge is -2.10. The van der Waals surface area contributed by atoms with Crippen molar-refractivity contribution in [1.29, 1.82) is 0 Å². The minimum absolute atomic E-state index is 0.00576. The van der Waals surface area contributed by atoms with Crippen molar-refractivity contribution >= 4 is 22.5 Å². The molecule has 1 amide bonds. The van der Waals surface area contributed by atoms with Gasteiger partial charge in [0.15, 0.2) is 0 Å². The second kappa shape index (κ2) is 6.53. The molecule has 1 saturated carbocycles. The third-order valence-corrected chi connectivity index (χ3v) is 5.35. The number of hydrogen-bond acceptors (Lipinski definition) is 3. The summed E-state index contributed by atoms with van der Waals surface area (Å²) >= 11 is 0. The van der Waals surface area contributed by atoms with Gasteiger partial charge in [-0.25, -0.2) is 0 Å². The van der Waals surface area contributed by atoms with E-state index >= 15 is 0 Å². The van der Waals surface area contributed by atoms with Crippen LogP contribution in [0.1, 0.15) is 17.9 Å². The molecule has 0 unspecified atom stereocenters. The van der Waals surface area contributed by atoms with E-state index in [1.165, 1.54) is 5.56 Å². The lowest BCUT2D eigenvalue weighted by molar-refractivity contribution is -0.117. The Hall–Kier alpha value is -3.60. The molecule has 0 radical (unpaired) electrons. The number of fused-ring (bicyclic) bond motifs is 1. The summed E-state index contributed by atoms with van der Waals surface area (Å²) in [7, 11) is 0. The van der Waals surface area contributed by atoms with Gasteiger partial charge in [-0.15, -0.1) is 0 Å². The van der Waals surface area contributed by atoms with E-state index in [0.29, 0.717) is 0 Å². The van der Waals surface area contributed by atoms with Crippen LogP contribution in [0.3, 0.4) is 0 Å². The highest BCUT2D eigenvalue weighted by Crippen LogP contribution is 2.48. The highest BCUT2D eigenvalue weighted by Gasteiger charge is 2.43. The maximum Gasteiger partial charge on any atom is 0.228 e. The average Bonchev–Trinajstić information content (AvgIpc) is 3.38. The van der Waals surface area contributed by atoms with Gasteiger partial charge in [0.1, 0.15) is 5.75 Å². The molecule has 0 spiro atoms. The van der Waals surface area contributed by atoms with E-state index < -0.39 is 0 Å². The summed E-state index contributed by atoms with van der Waals surface area (Å²) in [6.45, 7) is 0. The van der Waals surface area contributed by atoms with Gasteiger partial charge in [-0.05, 0) is 53.3 Å². The molecule has 5 heteroatoms. The molecular formula is C23H19N3O2. The number of phenols is 1. The minimum atomic E-state index is -0.00576. The number of carbonyl (C=O) groups is 1. The van der Waals surface area contributed by atoms with Crippen LogP contribution in [-0.2, 0) is 4.79 Å². The maximum absolute atomic E-state index is 12.8. The number of phenolic OH excluding ortho intramolecular Hbond substituents is 1. The molecule has 2 atom stereocenters. The third kappa shape index (κ3) is 3.01. The quantitative estimate of drug-likeness (QED) is 0.489. The molecule has 1 aliphatic carbocycles. The van der Waals surface area contributed by atoms with E-state index in [9.17, 15) is 9.90 Å². The van der Waals surface area contributed by atoms with Crippen molar-refractivity contribution in [3.63, 3.8) is 0 Å². The summed E-state index contributed by atoms with van der Waals surface area (Å²) < 4.78 is 0. The van der Waals surface area contributed by atoms with Crippen molar-refractivity contribution in [3.05, 3.63) is 78.5 Å². The topological polar surface area (TPSA) is 78.0 Å². The van der Waals surface area contributed by atoms with Crippen LogP contribution in [-0.4, -0.2) is 21.2 Å². The van der Waals surface area contributed by atoms with Gasteiger partial charge in [0.25, 0.3) is 0 Å². The van der Waals surface area contributed by atoms with Gasteiger partial charge in [0, 0.05) is 11.3 Å². The first-order valence-corrected chi connectivity index (χ1v) is 9.31. The second-order valence-corrected chi connectivity index (χ2v) is 7.25. The molecular weight excluding hydrogens is 350 g/mol. The van der Waals surface area contributed by atoms with E-state index in [1.54, 1.807) is 24.4 Å². The van der Waals surface area contributed by atoms with Gasteiger partial charge in [-0.2, -0.15) is 5.10 Å². The SMILES string of the molecule is O=C(Nc1cc(-c2cccc(O)c2)cc2[nH]ncc12)[C@H]1C[C@H]1c1ccccc1. The number of benzene rings is 3. The molecule has 5 rings (SSSR count). The van der Waals surface area contributed by atoms with Gasteiger partial charge in [-0.3, -0.25) is 9.89 Å². The number of amides is 1. The molecule has 138 valence electrons. The first-order valence-electron chi connectivity index (χ1n) is 9.31. The van der Waals surface area contributed by atoms with Crippen LogP contribution in [0.2, 0.25) is 0 Å². The zero-order valence-corrected chi connectivity index (χ0v) is 15.1. The van der Waals surface area contributed by atoms with Crippen LogP contribution in [0, 0.1) is 5.92 Å². The molecule has 1 heterocycles. The van der Waals surface area contributed by atoms with E-state index in [-0.39, 0.29) is 23.5 Å². The Bertz CT molecular complexity index is 1170. The van der Waals surface area contributed by atoms with Crippen LogP contribution < -0.4 is 5.32 Å². The fraction of sp³-hybridized carbons (Fsp3) is 0.130. The summed E-state index contributed by atoms with van der Waals surface area (Å²) in [5.41, 5.74) is 4.56. The lowest BCUT2D eigenvalue weighted by atomic mass is 10.0. The minimum Gasteiger partial charge on any atom is -0.508 e. The molecule has 3 aromatic carbocycles. The fourth-order valence-electron chi connectivity index (χ4n) is 3.79. The first kappa shape index (κ1) is 16.6. The number of carbonyl (C=O) groups excluding carboxylic acids is 1. The number of rotatable bonds is 4. The standard InChI is InChI=1S/C23H19N3O2/c27-17-8-4-7-15(9-17)16-10-21(20-13-24-26-22(20)11-16)25-23(28)19-12-18(19)14-5-2-1-3-6-14/h1-11,13,18-19,27H,12H2,(H,24,26)(H,25,28)/t18-,19-/m0/s1. The fourth-order valence-corrected chi connectivity index (χ4v) is 3.79. The van der Waals surface area contributed by atoms with Crippen molar-refractivity contribution in [1.82, 2.24) is 10.2 Å². The molecule has 1 fully saturated rings. The van der Waals surface area contributed by atoms with Crippen LogP contribution in [0.25, 0.3) is 22.0 Å². The maximum atomic E-state index is 12.8. The van der Waals surface area contributed by atoms with E-state index in [1.807, 2.05) is 36.4 Å². The van der Waals surface area contributed by atoms with Gasteiger partial charge >= 0.3 is 0 Å². The monoisotopic (exact) mass is 369 g/mol. The largest absolute Gasteiger partial charge is 0.508 e. The number of anilines is 1. The molecule has 0 aliphatic heterocycles. The van der Waals surface area contributed by atoms with Gasteiger partial charge in [-0.1, -0.05) is 42.5 Å². The van der Waals surface area contributed by atoms with Crippen molar-refractivity contribution in [2.24, 2.45) is 5.92 Å². The van der Waals surface area contributed by atoms with E-state index in [4.69, 9.17) is 0 Å². The average molecular weight is 369 g/mol. The van der Waals surface area contributed by atoms with Gasteiger partial charge in [0.2, 0.25) is 5.91 Å². The molecule has 4 aromatic rings. The third-order valence-electron chi connectivity index (χ3n) is 5.35. The summed E-state index contributed by atoms with van der Waals surface area (Å²) in [5.74, 6) is 0.518. The van der Waals surface area contributed by atoms with Crippen molar-refractivity contribution in [2.75, 3.05) is 5.32 Å². The van der Waals surface area contributed by atoms with Crippen LogP contribution >= 0.6 is 0 Å². The summed E-state index contributed by atoms with van der Waals surface area (Å²) in [6.07, 6.45) is 2.59. The molecule has 0 saturated heterocycles. The predicted octanol–water partition coefficient (Wildman–Crippen LogP) is 4.68. The van der Waals surface area contributed by atoms with Gasteiger partial charge in [0.05, 0.1) is 17.4 Å². The smallest absolute Gasteiger partial charge is 0.228 e. The normalized spacial score (nSPS) is 18.1. The summed E-state index contributed by atoms with van der Waals surface area (Å²) in [4.78, 5) is 12.8. The number of H-pyrrole nitrogens is 1. The molecule has 0 bridgehead atoms. The van der Waals surface area contributed by atoms with E-state index in [2.05, 4.69) is 27.6 Å². The van der Waals surface area contributed by atoms with Crippen molar-refractivity contribution in [3.8, 4) is 16.9 Å². The van der Waals surface area contributed by atoms with Crippen molar-refractivity contribution in [2.45, 2.75) is 12.3 Å². The molecule has 1 aliphatic rings. The Labute approximate surface area is 162 Å². The number of aromatic nitrogens is 2. The Balaban J connectivity index is 1.44. The molecule has 3 N–H and O–H groups in total. The van der Waals surface area contributed by atoms with Crippen LogP contribution in [0.5, 0.6) is 5.75 Å². The molecule has 28 heavy (non-hydrogen) atoms. The van der Waals surface area contributed by atoms with Crippen molar-refractivity contribution < 1.29 is 9.90 Å². The predicted molar refractivity (Wildman–Crippen MR) is 109 cm³/mol. The number of hydrogen-bond donors (Lipinski definition) is 3. The van der Waals surface area contributed by atoms with Crippen LogP contribution in [0.4, 0.5) is 5.69 Å². The Morgan fingerprint density at radius 1 is 1.04 bits per heavy atom. The second-order valence-electron chi connectivity index (χ2n) is 7.25. The number of aromatic hydroxyl groups is 1. The Kier molecular flexibility index (Phi) is 3.86. The highest BCUT2D eigenvalue weighted by molar-refractivity contribution is 6.04. The highest BCUT2D eigenvalue weighted by atomic mass is 16.3. The molecule has 1 aromatic heterocycles. The number of nitrogens with zero attached hydrogens (tertiary/aromatic N) is 1. The first-order chi connectivity index (χ1) is 13.7. The molecule has 5 nitrogen and oxygen atoms in total. The Morgan fingerprint density at radius 3 is 2.71 bits per heavy atom. The summed E-state index contributed by atoms with van der Waals surface area (Å²) in [5, 5.41) is 20.8. The zero-order valence-electron chi connectivity index (χ0n) is 15.1. The zero-order chi connectivity index (χ0) is 19.1. The van der Waals surface area contributed by atoms with Gasteiger partial charge < -0.3 is 10.4 Å². The summed E-state index contributed by atoms with van der Waals surface area (Å²) in [6, 6.07) is 21.1. The van der Waals surface area contributed by atoms with Crippen LogP contribution in [0.15, 0.2) is 72.9 Å². The lowest BCUT2D eigenvalue weighted by Crippen LogP contribution is -2.14. The number of nitrogens with one attached hydrogen (secondary N) is 2.